The molecule has 1 aromatic carbocycles. The number of benzene rings is 1. The molecule has 4 nitrogen and oxygen atoms in total. The van der Waals surface area contributed by atoms with E-state index < -0.39 is 0 Å². The number of aliphatic hydroxyl groups is 1. The van der Waals surface area contributed by atoms with Crippen molar-refractivity contribution in [2.24, 2.45) is 5.92 Å². The molecule has 0 aliphatic heterocycles. The number of rotatable bonds is 8. The Hall–Kier alpha value is -1.39. The highest BCUT2D eigenvalue weighted by atomic mass is 16.3. The van der Waals surface area contributed by atoms with Crippen molar-refractivity contribution >= 4 is 10.9 Å². The van der Waals surface area contributed by atoms with Crippen molar-refractivity contribution in [3.63, 3.8) is 0 Å². The van der Waals surface area contributed by atoms with E-state index in [0.29, 0.717) is 5.92 Å². The second-order valence-corrected chi connectivity index (χ2v) is 5.05. The molecule has 2 rings (SSSR count). The van der Waals surface area contributed by atoms with Gasteiger partial charge < -0.3 is 10.4 Å². The lowest BCUT2D eigenvalue weighted by atomic mass is 10.00. The van der Waals surface area contributed by atoms with Crippen molar-refractivity contribution in [1.82, 2.24) is 15.5 Å². The molecule has 0 bridgehead atoms. The van der Waals surface area contributed by atoms with Gasteiger partial charge in [0.2, 0.25) is 0 Å². The van der Waals surface area contributed by atoms with E-state index in [-0.39, 0.29) is 6.61 Å². The van der Waals surface area contributed by atoms with Crippen LogP contribution >= 0.6 is 0 Å². The molecule has 1 aromatic heterocycles. The Morgan fingerprint density at radius 3 is 3.05 bits per heavy atom. The third-order valence-electron chi connectivity index (χ3n) is 3.55. The summed E-state index contributed by atoms with van der Waals surface area (Å²) in [4.78, 5) is 0. The van der Waals surface area contributed by atoms with Crippen LogP contribution in [0.5, 0.6) is 0 Å². The first-order chi connectivity index (χ1) is 9.35. The smallest absolute Gasteiger partial charge is 0.0695 e. The second-order valence-electron chi connectivity index (χ2n) is 5.05. The van der Waals surface area contributed by atoms with Crippen LogP contribution in [0.2, 0.25) is 0 Å². The van der Waals surface area contributed by atoms with Crippen molar-refractivity contribution in [2.45, 2.75) is 32.7 Å². The third kappa shape index (κ3) is 3.78. The van der Waals surface area contributed by atoms with E-state index in [1.54, 1.807) is 0 Å². The summed E-state index contributed by atoms with van der Waals surface area (Å²) in [5.74, 6) is 0.566. The molecule has 0 fully saturated rings. The maximum absolute atomic E-state index is 9.05. The van der Waals surface area contributed by atoms with Gasteiger partial charge in [-0.15, -0.1) is 0 Å². The number of hydrogen-bond donors (Lipinski definition) is 3. The number of nitrogens with zero attached hydrogens (tertiary/aromatic N) is 1. The standard InChI is InChI=1S/C15H23N3O/c1-2-4-12(7-8-19)9-16-10-13-5-3-6-14-11-17-18-15(13)14/h3,5-6,11-12,16,19H,2,4,7-10H2,1H3,(H,17,18). The molecule has 0 saturated heterocycles. The summed E-state index contributed by atoms with van der Waals surface area (Å²) >= 11 is 0. The van der Waals surface area contributed by atoms with Gasteiger partial charge in [-0.3, -0.25) is 5.10 Å². The van der Waals surface area contributed by atoms with Crippen molar-refractivity contribution < 1.29 is 5.11 Å². The van der Waals surface area contributed by atoms with Crippen LogP contribution < -0.4 is 5.32 Å². The molecule has 0 aliphatic carbocycles. The summed E-state index contributed by atoms with van der Waals surface area (Å²) in [6.07, 6.45) is 5.07. The van der Waals surface area contributed by atoms with Crippen molar-refractivity contribution in [1.29, 1.82) is 0 Å². The van der Waals surface area contributed by atoms with Crippen LogP contribution in [0.4, 0.5) is 0 Å². The van der Waals surface area contributed by atoms with Gasteiger partial charge in [0.15, 0.2) is 0 Å². The Kier molecular flexibility index (Phi) is 5.36. The number of H-pyrrole nitrogens is 1. The van der Waals surface area contributed by atoms with Crippen LogP contribution in [-0.2, 0) is 6.54 Å². The first kappa shape index (κ1) is 14.0. The maximum Gasteiger partial charge on any atom is 0.0695 e. The fourth-order valence-electron chi connectivity index (χ4n) is 2.53. The summed E-state index contributed by atoms with van der Waals surface area (Å²) in [5, 5.41) is 20.8. The SMILES string of the molecule is CCCC(CCO)CNCc1cccc2cn[nH]c12. The van der Waals surface area contributed by atoms with Gasteiger partial charge in [0, 0.05) is 18.5 Å². The van der Waals surface area contributed by atoms with Crippen LogP contribution in [-0.4, -0.2) is 28.5 Å². The Labute approximate surface area is 114 Å². The monoisotopic (exact) mass is 261 g/mol. The molecule has 0 saturated carbocycles. The molecule has 0 radical (unpaired) electrons. The largest absolute Gasteiger partial charge is 0.396 e. The Morgan fingerprint density at radius 1 is 1.37 bits per heavy atom. The summed E-state index contributed by atoms with van der Waals surface area (Å²) in [6.45, 7) is 4.27. The highest BCUT2D eigenvalue weighted by Gasteiger charge is 2.07. The molecule has 0 aliphatic rings. The van der Waals surface area contributed by atoms with E-state index in [4.69, 9.17) is 5.11 Å². The first-order valence-corrected chi connectivity index (χ1v) is 7.07. The lowest BCUT2D eigenvalue weighted by molar-refractivity contribution is 0.248. The fourth-order valence-corrected chi connectivity index (χ4v) is 2.53. The average molecular weight is 261 g/mol. The van der Waals surface area contributed by atoms with Gasteiger partial charge in [-0.05, 0) is 30.9 Å². The molecule has 0 amide bonds. The van der Waals surface area contributed by atoms with Crippen molar-refractivity contribution in [3.8, 4) is 0 Å². The van der Waals surface area contributed by atoms with E-state index in [1.807, 2.05) is 6.20 Å². The van der Waals surface area contributed by atoms with E-state index in [1.165, 1.54) is 18.4 Å². The van der Waals surface area contributed by atoms with Gasteiger partial charge in [0.25, 0.3) is 0 Å². The van der Waals surface area contributed by atoms with Crippen molar-refractivity contribution in [2.75, 3.05) is 13.2 Å². The number of nitrogens with one attached hydrogen (secondary N) is 2. The summed E-state index contributed by atoms with van der Waals surface area (Å²) in [7, 11) is 0. The lowest BCUT2D eigenvalue weighted by Gasteiger charge is -2.15. The van der Waals surface area contributed by atoms with Gasteiger partial charge in [0.1, 0.15) is 0 Å². The van der Waals surface area contributed by atoms with Gasteiger partial charge in [-0.25, -0.2) is 0 Å². The number of aliphatic hydroxyl groups excluding tert-OH is 1. The van der Waals surface area contributed by atoms with Crippen LogP contribution in [0.15, 0.2) is 24.4 Å². The zero-order valence-electron chi connectivity index (χ0n) is 11.5. The Morgan fingerprint density at radius 2 is 2.26 bits per heavy atom. The summed E-state index contributed by atoms with van der Waals surface area (Å²) in [6, 6.07) is 6.24. The van der Waals surface area contributed by atoms with E-state index in [0.717, 1.165) is 30.4 Å². The zero-order chi connectivity index (χ0) is 13.5. The number of aromatic nitrogens is 2. The molecule has 0 spiro atoms. The van der Waals surface area contributed by atoms with Gasteiger partial charge in [-0.1, -0.05) is 31.5 Å². The highest BCUT2D eigenvalue weighted by Crippen LogP contribution is 2.16. The lowest BCUT2D eigenvalue weighted by Crippen LogP contribution is -2.23. The second kappa shape index (κ2) is 7.26. The molecule has 4 heteroatoms. The zero-order valence-corrected chi connectivity index (χ0v) is 11.5. The number of aromatic amines is 1. The van der Waals surface area contributed by atoms with Gasteiger partial charge >= 0.3 is 0 Å². The van der Waals surface area contributed by atoms with Crippen molar-refractivity contribution in [3.05, 3.63) is 30.0 Å². The first-order valence-electron chi connectivity index (χ1n) is 7.07. The van der Waals surface area contributed by atoms with Crippen LogP contribution in [0.1, 0.15) is 31.7 Å². The molecular formula is C15H23N3O. The molecule has 1 heterocycles. The van der Waals surface area contributed by atoms with Crippen LogP contribution in [0.3, 0.4) is 0 Å². The fraction of sp³-hybridized carbons (Fsp3) is 0.533. The molecule has 1 unspecified atom stereocenters. The van der Waals surface area contributed by atoms with E-state index in [9.17, 15) is 0 Å². The predicted octanol–water partition coefficient (Wildman–Crippen LogP) is 2.45. The van der Waals surface area contributed by atoms with E-state index >= 15 is 0 Å². The quantitative estimate of drug-likeness (QED) is 0.684. The van der Waals surface area contributed by atoms with E-state index in [2.05, 4.69) is 40.6 Å². The molecule has 19 heavy (non-hydrogen) atoms. The Bertz CT molecular complexity index is 489. The number of para-hydroxylation sites is 1. The topological polar surface area (TPSA) is 60.9 Å². The van der Waals surface area contributed by atoms with Gasteiger partial charge in [-0.2, -0.15) is 5.10 Å². The van der Waals surface area contributed by atoms with Crippen LogP contribution in [0.25, 0.3) is 10.9 Å². The number of fused-ring (bicyclic) bond motifs is 1. The molecule has 2 aromatic rings. The molecule has 3 N–H and O–H groups in total. The summed E-state index contributed by atoms with van der Waals surface area (Å²) in [5.41, 5.74) is 2.36. The molecule has 104 valence electrons. The average Bonchev–Trinajstić information content (AvgIpc) is 2.88. The Balaban J connectivity index is 1.89. The summed E-state index contributed by atoms with van der Waals surface area (Å²) < 4.78 is 0. The predicted molar refractivity (Wildman–Crippen MR) is 77.9 cm³/mol. The molecule has 1 atom stereocenters. The minimum Gasteiger partial charge on any atom is -0.396 e. The third-order valence-corrected chi connectivity index (χ3v) is 3.55. The normalized spacial score (nSPS) is 12.9. The highest BCUT2D eigenvalue weighted by molar-refractivity contribution is 5.81. The minimum absolute atomic E-state index is 0.280. The minimum atomic E-state index is 0.280. The number of hydrogen-bond acceptors (Lipinski definition) is 3. The molecular weight excluding hydrogens is 238 g/mol. The van der Waals surface area contributed by atoms with Gasteiger partial charge in [0.05, 0.1) is 11.7 Å². The maximum atomic E-state index is 9.05. The van der Waals surface area contributed by atoms with Crippen LogP contribution in [0, 0.1) is 5.92 Å².